The van der Waals surface area contributed by atoms with Crippen molar-refractivity contribution in [2.45, 2.75) is 23.7 Å². The molecule has 0 aromatic carbocycles. The van der Waals surface area contributed by atoms with E-state index in [1.807, 2.05) is 6.92 Å². The molecule has 4 N–H and O–H groups in total. The molecule has 0 aliphatic carbocycles. The predicted octanol–water partition coefficient (Wildman–Crippen LogP) is 0.519. The molecule has 2 aromatic heterocycles. The first kappa shape index (κ1) is 15.0. The first-order valence-electron chi connectivity index (χ1n) is 6.19. The third kappa shape index (κ3) is 4.31. The van der Waals surface area contributed by atoms with Crippen molar-refractivity contribution in [1.82, 2.24) is 24.9 Å². The van der Waals surface area contributed by atoms with Crippen molar-refractivity contribution in [2.24, 2.45) is 0 Å². The number of aromatic nitrogens is 5. The van der Waals surface area contributed by atoms with E-state index in [9.17, 15) is 4.79 Å². The van der Waals surface area contributed by atoms with Crippen LogP contribution in [0.2, 0.25) is 0 Å². The molecule has 0 amide bonds. The van der Waals surface area contributed by atoms with Crippen LogP contribution >= 0.6 is 11.8 Å². The van der Waals surface area contributed by atoms with Gasteiger partial charge < -0.3 is 20.8 Å². The third-order valence-corrected chi connectivity index (χ3v) is 2.99. The molecule has 0 fully saturated rings. The van der Waals surface area contributed by atoms with E-state index >= 15 is 0 Å². The molecular formula is C11H15N7O2S. The Kier molecular flexibility index (Phi) is 4.93. The number of ether oxygens (including phenoxy) is 1. The smallest absolute Gasteiger partial charge is 0.321 e. The fraction of sp³-hybridized carbons (Fsp3) is 0.364. The number of methoxy groups -OCH3 is 1. The minimum absolute atomic E-state index is 0.131. The standard InChI is InChI=1S/C11H15N7O2S/c1-3-4-13-8-16-9(20-2)18-11(17-8)21-10-14-6(12)5-7(19)15-10/h5H,3-4H2,1-2H3,(H3,12,14,15,19)(H,13,16,17,18). The fourth-order valence-corrected chi connectivity index (χ4v) is 2.11. The van der Waals surface area contributed by atoms with Crippen LogP contribution in [0.4, 0.5) is 11.8 Å². The molecule has 10 heteroatoms. The van der Waals surface area contributed by atoms with Gasteiger partial charge in [0.15, 0.2) is 5.16 Å². The molecule has 2 heterocycles. The van der Waals surface area contributed by atoms with E-state index in [1.165, 1.54) is 13.2 Å². The Balaban J connectivity index is 2.27. The summed E-state index contributed by atoms with van der Waals surface area (Å²) >= 11 is 1.06. The molecule has 0 saturated carbocycles. The topological polar surface area (TPSA) is 132 Å². The van der Waals surface area contributed by atoms with Gasteiger partial charge in [-0.25, -0.2) is 4.98 Å². The minimum Gasteiger partial charge on any atom is -0.467 e. The second-order valence-electron chi connectivity index (χ2n) is 3.93. The molecule has 0 radical (unpaired) electrons. The summed E-state index contributed by atoms with van der Waals surface area (Å²) in [6.07, 6.45) is 0.931. The maximum Gasteiger partial charge on any atom is 0.321 e. The predicted molar refractivity (Wildman–Crippen MR) is 78.6 cm³/mol. The van der Waals surface area contributed by atoms with Gasteiger partial charge in [0, 0.05) is 12.6 Å². The van der Waals surface area contributed by atoms with Gasteiger partial charge in [0.2, 0.25) is 11.1 Å². The fourth-order valence-electron chi connectivity index (χ4n) is 1.38. The van der Waals surface area contributed by atoms with Crippen LogP contribution in [0.1, 0.15) is 13.3 Å². The summed E-state index contributed by atoms with van der Waals surface area (Å²) in [5.41, 5.74) is 5.19. The van der Waals surface area contributed by atoms with Crippen molar-refractivity contribution in [2.75, 3.05) is 24.7 Å². The Morgan fingerprint density at radius 3 is 2.86 bits per heavy atom. The molecule has 21 heavy (non-hydrogen) atoms. The highest BCUT2D eigenvalue weighted by Crippen LogP contribution is 2.22. The van der Waals surface area contributed by atoms with Crippen molar-refractivity contribution >= 4 is 23.5 Å². The molecule has 2 aromatic rings. The van der Waals surface area contributed by atoms with E-state index in [0.29, 0.717) is 16.3 Å². The lowest BCUT2D eigenvalue weighted by Gasteiger charge is -2.06. The highest BCUT2D eigenvalue weighted by Gasteiger charge is 2.10. The van der Waals surface area contributed by atoms with Crippen molar-refractivity contribution in [3.63, 3.8) is 0 Å². The maximum absolute atomic E-state index is 11.4. The highest BCUT2D eigenvalue weighted by atomic mass is 32.2. The number of nitrogens with zero attached hydrogens (tertiary/aromatic N) is 4. The van der Waals surface area contributed by atoms with Crippen LogP contribution in [0.15, 0.2) is 21.2 Å². The lowest BCUT2D eigenvalue weighted by atomic mass is 10.5. The Morgan fingerprint density at radius 2 is 2.19 bits per heavy atom. The number of aromatic amines is 1. The van der Waals surface area contributed by atoms with Crippen LogP contribution in [0.3, 0.4) is 0 Å². The minimum atomic E-state index is -0.338. The van der Waals surface area contributed by atoms with Gasteiger partial charge in [-0.15, -0.1) is 0 Å². The van der Waals surface area contributed by atoms with Gasteiger partial charge in [-0.1, -0.05) is 6.92 Å². The first-order valence-corrected chi connectivity index (χ1v) is 7.01. The van der Waals surface area contributed by atoms with Gasteiger partial charge in [-0.3, -0.25) is 4.79 Å². The number of rotatable bonds is 6. The first-order chi connectivity index (χ1) is 10.1. The molecule has 0 bridgehead atoms. The average molecular weight is 309 g/mol. The summed E-state index contributed by atoms with van der Waals surface area (Å²) in [6, 6.07) is 1.38. The number of hydrogen-bond donors (Lipinski definition) is 3. The molecular weight excluding hydrogens is 294 g/mol. The van der Waals surface area contributed by atoms with Crippen molar-refractivity contribution in [3.05, 3.63) is 16.4 Å². The lowest BCUT2D eigenvalue weighted by molar-refractivity contribution is 0.373. The van der Waals surface area contributed by atoms with Gasteiger partial charge in [-0.05, 0) is 18.2 Å². The largest absolute Gasteiger partial charge is 0.467 e. The van der Waals surface area contributed by atoms with Gasteiger partial charge in [0.05, 0.1) is 7.11 Å². The van der Waals surface area contributed by atoms with Crippen LogP contribution in [0.5, 0.6) is 6.01 Å². The van der Waals surface area contributed by atoms with Gasteiger partial charge in [0.1, 0.15) is 5.82 Å². The summed E-state index contributed by atoms with van der Waals surface area (Å²) in [4.78, 5) is 30.3. The number of hydrogen-bond acceptors (Lipinski definition) is 9. The molecule has 112 valence electrons. The average Bonchev–Trinajstić information content (AvgIpc) is 2.43. The zero-order valence-corrected chi connectivity index (χ0v) is 12.4. The maximum atomic E-state index is 11.4. The van der Waals surface area contributed by atoms with E-state index in [4.69, 9.17) is 10.5 Å². The molecule has 0 aliphatic rings. The Labute approximate surface area is 124 Å². The highest BCUT2D eigenvalue weighted by molar-refractivity contribution is 7.99. The SMILES string of the molecule is CCCNc1nc(OC)nc(Sc2nc(N)cc(=O)[nH]2)n1. The van der Waals surface area contributed by atoms with Crippen molar-refractivity contribution in [3.8, 4) is 6.01 Å². The number of anilines is 2. The number of nitrogens with one attached hydrogen (secondary N) is 2. The number of nitrogens with two attached hydrogens (primary N) is 1. The van der Waals surface area contributed by atoms with Crippen LogP contribution in [-0.4, -0.2) is 38.6 Å². The van der Waals surface area contributed by atoms with E-state index in [0.717, 1.165) is 24.7 Å². The van der Waals surface area contributed by atoms with E-state index in [2.05, 4.69) is 30.2 Å². The monoisotopic (exact) mass is 309 g/mol. The Hall–Kier alpha value is -2.36. The number of nitrogen functional groups attached to an aromatic ring is 1. The van der Waals surface area contributed by atoms with Gasteiger partial charge in [-0.2, -0.15) is 15.0 Å². The molecule has 0 saturated heterocycles. The van der Waals surface area contributed by atoms with Crippen LogP contribution < -0.4 is 21.3 Å². The summed E-state index contributed by atoms with van der Waals surface area (Å²) in [5, 5.41) is 3.69. The quantitative estimate of drug-likeness (QED) is 0.653. The Bertz CT molecular complexity index is 676. The van der Waals surface area contributed by atoms with E-state index < -0.39 is 0 Å². The molecule has 9 nitrogen and oxygen atoms in total. The van der Waals surface area contributed by atoms with E-state index in [1.54, 1.807) is 0 Å². The van der Waals surface area contributed by atoms with Crippen molar-refractivity contribution in [1.29, 1.82) is 0 Å². The number of H-pyrrole nitrogens is 1. The molecule has 0 atom stereocenters. The third-order valence-electron chi connectivity index (χ3n) is 2.24. The second kappa shape index (κ2) is 6.88. The lowest BCUT2D eigenvalue weighted by Crippen LogP contribution is -2.10. The van der Waals surface area contributed by atoms with Crippen molar-refractivity contribution < 1.29 is 4.74 Å². The Morgan fingerprint density at radius 1 is 1.38 bits per heavy atom. The zero-order chi connectivity index (χ0) is 15.2. The normalized spacial score (nSPS) is 10.4. The van der Waals surface area contributed by atoms with Crippen LogP contribution in [0.25, 0.3) is 0 Å². The van der Waals surface area contributed by atoms with Crippen LogP contribution in [0, 0.1) is 0 Å². The van der Waals surface area contributed by atoms with E-state index in [-0.39, 0.29) is 17.4 Å². The molecule has 0 spiro atoms. The molecule has 0 aliphatic heterocycles. The summed E-state index contributed by atoms with van der Waals surface area (Å²) in [6.45, 7) is 2.76. The summed E-state index contributed by atoms with van der Waals surface area (Å²) < 4.78 is 5.03. The molecule has 0 unspecified atom stereocenters. The summed E-state index contributed by atoms with van der Waals surface area (Å²) in [7, 11) is 1.47. The van der Waals surface area contributed by atoms with Crippen LogP contribution in [-0.2, 0) is 0 Å². The van der Waals surface area contributed by atoms with Gasteiger partial charge in [0.25, 0.3) is 5.56 Å². The molecule has 2 rings (SSSR count). The van der Waals surface area contributed by atoms with Gasteiger partial charge >= 0.3 is 6.01 Å². The zero-order valence-electron chi connectivity index (χ0n) is 11.6. The summed E-state index contributed by atoms with van der Waals surface area (Å²) in [5.74, 6) is 0.532. The second-order valence-corrected chi connectivity index (χ2v) is 4.89.